The second kappa shape index (κ2) is 4.63. The van der Waals surface area contributed by atoms with Gasteiger partial charge in [0.15, 0.2) is 17.0 Å². The molecule has 9 heteroatoms. The summed E-state index contributed by atoms with van der Waals surface area (Å²) in [6.45, 7) is 0. The third-order valence-corrected chi connectivity index (χ3v) is 3.05. The summed E-state index contributed by atoms with van der Waals surface area (Å²) in [6, 6.07) is 0. The van der Waals surface area contributed by atoms with Crippen LogP contribution in [0.15, 0.2) is 23.0 Å². The van der Waals surface area contributed by atoms with Gasteiger partial charge in [0.25, 0.3) is 0 Å². The number of aromatic nitrogens is 3. The van der Waals surface area contributed by atoms with Crippen LogP contribution in [0.2, 0.25) is 0 Å². The molecule has 8 nitrogen and oxygen atoms in total. The fraction of sp³-hybridized carbons (Fsp3) is 0.375. The molecule has 0 aromatic carbocycles. The smallest absolute Gasteiger partial charge is 0.377 e. The van der Waals surface area contributed by atoms with E-state index in [2.05, 4.69) is 19.9 Å². The number of hydrogen-bond donors (Lipinski definition) is 4. The number of aliphatic hydroxyl groups is 3. The van der Waals surface area contributed by atoms with Crippen molar-refractivity contribution in [1.29, 1.82) is 0 Å². The number of carbonyl (C=O) groups is 1. The van der Waals surface area contributed by atoms with Crippen LogP contribution < -0.4 is 0 Å². The van der Waals surface area contributed by atoms with E-state index in [1.807, 2.05) is 0 Å². The number of aliphatic hydroxyl groups excluding tert-OH is 3. The number of carbonyl (C=O) groups excluding carboxylic acids is 1. The van der Waals surface area contributed by atoms with E-state index in [1.54, 1.807) is 0 Å². The lowest BCUT2D eigenvalue weighted by atomic mass is 10.2. The lowest BCUT2D eigenvalue weighted by molar-refractivity contribution is -0.146. The van der Waals surface area contributed by atoms with E-state index in [-0.39, 0.29) is 5.75 Å². The van der Waals surface area contributed by atoms with Gasteiger partial charge in [-0.2, -0.15) is 5.10 Å². The Morgan fingerprint density at radius 1 is 1.59 bits per heavy atom. The zero-order valence-corrected chi connectivity index (χ0v) is 9.22. The summed E-state index contributed by atoms with van der Waals surface area (Å²) in [4.78, 5) is 14.7. The number of esters is 1. The predicted molar refractivity (Wildman–Crippen MR) is 55.3 cm³/mol. The zero-order valence-electron chi connectivity index (χ0n) is 8.40. The minimum absolute atomic E-state index is 0.116. The normalized spacial score (nSPS) is 21.7. The molecule has 1 aliphatic rings. The van der Waals surface area contributed by atoms with Crippen LogP contribution in [0.1, 0.15) is 0 Å². The average molecular weight is 259 g/mol. The largest absolute Gasteiger partial charge is 0.505 e. The van der Waals surface area contributed by atoms with Crippen LogP contribution in [0, 0.1) is 0 Å². The van der Waals surface area contributed by atoms with E-state index in [0.29, 0.717) is 5.16 Å². The molecule has 0 spiro atoms. The number of hydrogen-bond acceptors (Lipinski definition) is 8. The third kappa shape index (κ3) is 2.34. The molecule has 17 heavy (non-hydrogen) atoms. The molecule has 1 aromatic heterocycles. The van der Waals surface area contributed by atoms with Crippen molar-refractivity contribution in [2.45, 2.75) is 17.4 Å². The van der Waals surface area contributed by atoms with Crippen LogP contribution in [0.3, 0.4) is 0 Å². The second-order valence-electron chi connectivity index (χ2n) is 3.23. The molecule has 0 radical (unpaired) electrons. The highest BCUT2D eigenvalue weighted by Gasteiger charge is 2.39. The minimum atomic E-state index is -1.24. The lowest BCUT2D eigenvalue weighted by Crippen LogP contribution is -2.30. The number of thioether (sulfide) groups is 1. The van der Waals surface area contributed by atoms with Gasteiger partial charge in [-0.3, -0.25) is 5.10 Å². The van der Waals surface area contributed by atoms with Crippen LogP contribution >= 0.6 is 11.8 Å². The molecule has 1 aromatic rings. The Morgan fingerprint density at radius 2 is 2.35 bits per heavy atom. The fourth-order valence-corrected chi connectivity index (χ4v) is 1.98. The third-order valence-electron chi connectivity index (χ3n) is 2.07. The van der Waals surface area contributed by atoms with E-state index < -0.39 is 29.7 Å². The fourth-order valence-electron chi connectivity index (χ4n) is 1.24. The number of H-pyrrole nitrogens is 1. The van der Waals surface area contributed by atoms with Gasteiger partial charge in [-0.05, 0) is 0 Å². The minimum Gasteiger partial charge on any atom is -0.505 e. The molecule has 0 saturated carbocycles. The van der Waals surface area contributed by atoms with Gasteiger partial charge in [-0.25, -0.2) is 9.78 Å². The SMILES string of the molecule is O=C1OC(C(O)CSc2ncn[nH]2)C(O)=C1O. The van der Waals surface area contributed by atoms with Crippen LogP contribution in [0.25, 0.3) is 0 Å². The zero-order chi connectivity index (χ0) is 12.4. The summed E-state index contributed by atoms with van der Waals surface area (Å²) >= 11 is 1.14. The highest BCUT2D eigenvalue weighted by atomic mass is 32.2. The maximum Gasteiger partial charge on any atom is 0.377 e. The molecular formula is C8H9N3O5S. The Labute approximate surface area is 99.3 Å². The Kier molecular flexibility index (Phi) is 3.20. The Morgan fingerprint density at radius 3 is 2.88 bits per heavy atom. The summed E-state index contributed by atoms with van der Waals surface area (Å²) in [5.41, 5.74) is 0. The highest BCUT2D eigenvalue weighted by Crippen LogP contribution is 2.24. The van der Waals surface area contributed by atoms with Crippen LogP contribution in [-0.4, -0.2) is 54.4 Å². The van der Waals surface area contributed by atoms with Crippen LogP contribution in [-0.2, 0) is 9.53 Å². The molecule has 0 amide bonds. The van der Waals surface area contributed by atoms with E-state index in [1.165, 1.54) is 6.33 Å². The summed E-state index contributed by atoms with van der Waals surface area (Å²) in [7, 11) is 0. The predicted octanol–water partition coefficient (Wildman–Crippen LogP) is -0.489. The standard InChI is InChI=1S/C8H9N3O5S/c12-3(1-17-8-9-2-10-11-8)6-4(13)5(14)7(15)16-6/h2-3,6,12-14H,1H2,(H,9,10,11). The summed E-state index contributed by atoms with van der Waals surface area (Å²) in [5, 5.41) is 34.7. The summed E-state index contributed by atoms with van der Waals surface area (Å²) < 4.78 is 4.59. The first-order valence-electron chi connectivity index (χ1n) is 4.59. The Hall–Kier alpha value is -1.74. The van der Waals surface area contributed by atoms with Gasteiger partial charge in [0.1, 0.15) is 12.4 Å². The number of cyclic esters (lactones) is 1. The van der Waals surface area contributed by atoms with Gasteiger partial charge in [0.05, 0.1) is 0 Å². The van der Waals surface area contributed by atoms with Crippen molar-refractivity contribution in [3.63, 3.8) is 0 Å². The second-order valence-corrected chi connectivity index (χ2v) is 4.24. The first-order chi connectivity index (χ1) is 8.09. The Balaban J connectivity index is 1.93. The molecule has 0 fully saturated rings. The van der Waals surface area contributed by atoms with Gasteiger partial charge in [-0.15, -0.1) is 0 Å². The average Bonchev–Trinajstić information content (AvgIpc) is 2.91. The van der Waals surface area contributed by atoms with Gasteiger partial charge < -0.3 is 20.1 Å². The molecule has 0 bridgehead atoms. The number of ether oxygens (including phenoxy) is 1. The van der Waals surface area contributed by atoms with Crippen molar-refractivity contribution in [3.05, 3.63) is 17.8 Å². The molecule has 0 aliphatic carbocycles. The highest BCUT2D eigenvalue weighted by molar-refractivity contribution is 7.99. The first-order valence-corrected chi connectivity index (χ1v) is 5.57. The van der Waals surface area contributed by atoms with Crippen LogP contribution in [0.4, 0.5) is 0 Å². The molecule has 2 rings (SSSR count). The number of nitrogens with zero attached hydrogens (tertiary/aromatic N) is 2. The van der Waals surface area contributed by atoms with Gasteiger partial charge in [0.2, 0.25) is 5.76 Å². The van der Waals surface area contributed by atoms with E-state index in [9.17, 15) is 15.0 Å². The summed E-state index contributed by atoms with van der Waals surface area (Å²) in [5.74, 6) is -2.44. The topological polar surface area (TPSA) is 129 Å². The van der Waals surface area contributed by atoms with Crippen molar-refractivity contribution >= 4 is 17.7 Å². The van der Waals surface area contributed by atoms with Gasteiger partial charge in [0, 0.05) is 5.75 Å². The quantitative estimate of drug-likeness (QED) is 0.421. The molecule has 2 atom stereocenters. The molecule has 0 saturated heterocycles. The van der Waals surface area contributed by atoms with Crippen molar-refractivity contribution in [2.75, 3.05) is 5.75 Å². The first kappa shape index (κ1) is 11.7. The van der Waals surface area contributed by atoms with Gasteiger partial charge >= 0.3 is 5.97 Å². The van der Waals surface area contributed by atoms with E-state index in [4.69, 9.17) is 5.11 Å². The van der Waals surface area contributed by atoms with Crippen molar-refractivity contribution < 1.29 is 24.9 Å². The maximum atomic E-state index is 10.9. The van der Waals surface area contributed by atoms with E-state index in [0.717, 1.165) is 11.8 Å². The van der Waals surface area contributed by atoms with Crippen molar-refractivity contribution in [1.82, 2.24) is 15.2 Å². The molecule has 4 N–H and O–H groups in total. The number of aromatic amines is 1. The van der Waals surface area contributed by atoms with E-state index >= 15 is 0 Å². The van der Waals surface area contributed by atoms with Crippen molar-refractivity contribution in [3.8, 4) is 0 Å². The summed E-state index contributed by atoms with van der Waals surface area (Å²) in [6.07, 6.45) is -1.08. The molecule has 1 aliphatic heterocycles. The number of nitrogens with one attached hydrogen (secondary N) is 1. The van der Waals surface area contributed by atoms with Crippen LogP contribution in [0.5, 0.6) is 0 Å². The van der Waals surface area contributed by atoms with Gasteiger partial charge in [-0.1, -0.05) is 11.8 Å². The monoisotopic (exact) mass is 259 g/mol. The Bertz CT molecular complexity index is 446. The lowest BCUT2D eigenvalue weighted by Gasteiger charge is -2.15. The number of rotatable bonds is 4. The molecule has 2 heterocycles. The maximum absolute atomic E-state index is 10.9. The molecular weight excluding hydrogens is 250 g/mol. The molecule has 92 valence electrons. The molecule has 2 unspecified atom stereocenters. The van der Waals surface area contributed by atoms with Crippen molar-refractivity contribution in [2.24, 2.45) is 0 Å².